The number of cyclic esters (lactones) is 1. The van der Waals surface area contributed by atoms with Crippen LogP contribution in [0.25, 0.3) is 0 Å². The number of allylic oxidation sites excluding steroid dienone is 1. The summed E-state index contributed by atoms with van der Waals surface area (Å²) in [5.41, 5.74) is 0.136. The molecule has 5 nitrogen and oxygen atoms in total. The van der Waals surface area contributed by atoms with Crippen molar-refractivity contribution < 1.29 is 17.9 Å². The summed E-state index contributed by atoms with van der Waals surface area (Å²) in [7, 11) is -5.22. The summed E-state index contributed by atoms with van der Waals surface area (Å²) < 4.78 is 32.6. The van der Waals surface area contributed by atoms with Crippen LogP contribution in [0.4, 0.5) is 4.79 Å². The molecule has 3 rings (SSSR count). The van der Waals surface area contributed by atoms with Gasteiger partial charge in [-0.15, -0.1) is 0 Å². The Morgan fingerprint density at radius 2 is 1.68 bits per heavy atom. The molecule has 1 atom stereocenters. The van der Waals surface area contributed by atoms with Gasteiger partial charge in [0.2, 0.25) is 9.84 Å². The molecule has 7 heteroatoms. The molecule has 0 bridgehead atoms. The Morgan fingerprint density at radius 1 is 1.11 bits per heavy atom. The first kappa shape index (κ1) is 21.1. The van der Waals surface area contributed by atoms with Crippen LogP contribution >= 0.6 is 0 Å². The summed E-state index contributed by atoms with van der Waals surface area (Å²) in [5.74, 6) is 0. The SMILES string of the molecule is Cc1ccc(S(=O)(=O)C2=C3N(C(=O)OC3(C)C)C(C)(C[Si](C)(C)C)CC2)cc1. The molecule has 0 radical (unpaired) electrons. The zero-order valence-corrected chi connectivity index (χ0v) is 19.7. The molecule has 2 heterocycles. The van der Waals surface area contributed by atoms with Gasteiger partial charge in [0.05, 0.1) is 15.5 Å². The summed E-state index contributed by atoms with van der Waals surface area (Å²) >= 11 is 0. The summed E-state index contributed by atoms with van der Waals surface area (Å²) in [5, 5.41) is 0. The lowest BCUT2D eigenvalue weighted by molar-refractivity contribution is 0.0874. The van der Waals surface area contributed by atoms with Crippen LogP contribution in [0.2, 0.25) is 25.7 Å². The maximum atomic E-state index is 13.5. The van der Waals surface area contributed by atoms with Gasteiger partial charge in [-0.2, -0.15) is 0 Å². The van der Waals surface area contributed by atoms with Crippen LogP contribution in [0.3, 0.4) is 0 Å². The first-order valence-electron chi connectivity index (χ1n) is 9.76. The lowest BCUT2D eigenvalue weighted by atomic mass is 9.88. The number of carbonyl (C=O) groups excluding carboxylic acids is 1. The fourth-order valence-electron chi connectivity index (χ4n) is 4.67. The Hall–Kier alpha value is -1.60. The van der Waals surface area contributed by atoms with Crippen molar-refractivity contribution in [3.05, 3.63) is 40.4 Å². The maximum Gasteiger partial charge on any atom is 0.415 e. The Bertz CT molecular complexity index is 942. The molecule has 0 N–H and O–H groups in total. The highest BCUT2D eigenvalue weighted by atomic mass is 32.2. The Balaban J connectivity index is 2.20. The van der Waals surface area contributed by atoms with Gasteiger partial charge in [-0.3, -0.25) is 4.90 Å². The van der Waals surface area contributed by atoms with E-state index in [9.17, 15) is 13.2 Å². The fourth-order valence-corrected chi connectivity index (χ4v) is 9.03. The van der Waals surface area contributed by atoms with Gasteiger partial charge < -0.3 is 4.74 Å². The molecule has 0 aromatic heterocycles. The zero-order chi connectivity index (χ0) is 21.1. The molecule has 1 fully saturated rings. The lowest BCUT2D eigenvalue weighted by Gasteiger charge is -2.45. The highest BCUT2D eigenvalue weighted by Crippen LogP contribution is 2.50. The molecule has 154 valence electrons. The van der Waals surface area contributed by atoms with E-state index in [4.69, 9.17) is 4.74 Å². The zero-order valence-electron chi connectivity index (χ0n) is 17.9. The topological polar surface area (TPSA) is 63.7 Å². The number of rotatable bonds is 4. The molecule has 28 heavy (non-hydrogen) atoms. The molecule has 0 aliphatic carbocycles. The third kappa shape index (κ3) is 3.54. The van der Waals surface area contributed by atoms with Gasteiger partial charge in [0.15, 0.2) is 0 Å². The lowest BCUT2D eigenvalue weighted by Crippen LogP contribution is -2.53. The van der Waals surface area contributed by atoms with Crippen LogP contribution < -0.4 is 0 Å². The first-order chi connectivity index (χ1) is 12.7. The smallest absolute Gasteiger partial charge is 0.415 e. The fraction of sp³-hybridized carbons (Fsp3) is 0.571. The van der Waals surface area contributed by atoms with Crippen molar-refractivity contribution in [2.24, 2.45) is 0 Å². The molecule has 1 saturated heterocycles. The van der Waals surface area contributed by atoms with Crippen LogP contribution in [0.1, 0.15) is 39.2 Å². The van der Waals surface area contributed by atoms with Gasteiger partial charge in [0, 0.05) is 13.6 Å². The maximum absolute atomic E-state index is 13.5. The first-order valence-corrected chi connectivity index (χ1v) is 15.0. The van der Waals surface area contributed by atoms with Gasteiger partial charge in [-0.1, -0.05) is 37.3 Å². The quantitative estimate of drug-likeness (QED) is 0.634. The summed E-state index contributed by atoms with van der Waals surface area (Å²) in [6.45, 7) is 14.4. The number of benzene rings is 1. The molecule has 2 aliphatic rings. The van der Waals surface area contributed by atoms with E-state index in [1.165, 1.54) is 0 Å². The van der Waals surface area contributed by atoms with Crippen molar-refractivity contribution in [1.29, 1.82) is 0 Å². The monoisotopic (exact) mass is 421 g/mol. The standard InChI is InChI=1S/C21H31NO4SSi/c1-15-8-10-16(11-9-15)27(24,25)17-12-13-21(4,14-28(5,6)7)22-18(17)20(2,3)26-19(22)23/h8-11H,12-14H2,1-7H3. The minimum absolute atomic E-state index is 0.268. The predicted molar refractivity (Wildman–Crippen MR) is 114 cm³/mol. The van der Waals surface area contributed by atoms with Gasteiger partial charge >= 0.3 is 6.09 Å². The minimum atomic E-state index is -3.70. The van der Waals surface area contributed by atoms with Crippen LogP contribution in [0.15, 0.2) is 39.8 Å². The van der Waals surface area contributed by atoms with Crippen LogP contribution in [-0.4, -0.2) is 38.6 Å². The number of sulfone groups is 1. The van der Waals surface area contributed by atoms with Gasteiger partial charge in [0.25, 0.3) is 0 Å². The summed E-state index contributed by atoms with van der Waals surface area (Å²) in [6.07, 6.45) is 0.604. The van der Waals surface area contributed by atoms with Gasteiger partial charge in [0.1, 0.15) is 5.60 Å². The van der Waals surface area contributed by atoms with Crippen LogP contribution in [0.5, 0.6) is 0 Å². The minimum Gasteiger partial charge on any atom is -0.437 e. The second-order valence-electron chi connectivity index (χ2n) is 10.0. The summed E-state index contributed by atoms with van der Waals surface area (Å²) in [6, 6.07) is 7.78. The average Bonchev–Trinajstić information content (AvgIpc) is 2.76. The Labute approximate surface area is 169 Å². The van der Waals surface area contributed by atoms with E-state index < -0.39 is 35.1 Å². The average molecular weight is 422 g/mol. The predicted octanol–water partition coefficient (Wildman–Crippen LogP) is 5.10. The Morgan fingerprint density at radius 3 is 2.21 bits per heavy atom. The highest BCUT2D eigenvalue weighted by Gasteiger charge is 2.56. The molecule has 1 unspecified atom stereocenters. The van der Waals surface area contributed by atoms with Crippen LogP contribution in [0, 0.1) is 6.92 Å². The third-order valence-electron chi connectivity index (χ3n) is 5.58. The Kier molecular flexibility index (Phi) is 4.87. The third-order valence-corrected chi connectivity index (χ3v) is 9.34. The van der Waals surface area contributed by atoms with E-state index in [-0.39, 0.29) is 4.90 Å². The van der Waals surface area contributed by atoms with Crippen molar-refractivity contribution in [3.8, 4) is 0 Å². The molecule has 0 spiro atoms. The van der Waals surface area contributed by atoms with Gasteiger partial charge in [-0.05, 0) is 58.7 Å². The number of hydrogen-bond donors (Lipinski definition) is 0. The van der Waals surface area contributed by atoms with Crippen molar-refractivity contribution >= 4 is 24.0 Å². The number of aryl methyl sites for hydroxylation is 1. The van der Waals surface area contributed by atoms with Crippen molar-refractivity contribution in [3.63, 3.8) is 0 Å². The summed E-state index contributed by atoms with van der Waals surface area (Å²) in [4.78, 5) is 15.1. The van der Waals surface area contributed by atoms with Crippen molar-refractivity contribution in [1.82, 2.24) is 4.90 Å². The van der Waals surface area contributed by atoms with Crippen molar-refractivity contribution in [2.75, 3.05) is 0 Å². The molecular formula is C21H31NO4SSi. The van der Waals surface area contributed by atoms with E-state index in [1.807, 2.05) is 6.92 Å². The number of ether oxygens (including phenoxy) is 1. The molecule has 1 amide bonds. The molecule has 1 aromatic carbocycles. The van der Waals surface area contributed by atoms with E-state index >= 15 is 0 Å². The van der Waals surface area contributed by atoms with E-state index in [0.29, 0.717) is 23.4 Å². The van der Waals surface area contributed by atoms with Crippen LogP contribution in [-0.2, 0) is 14.6 Å². The molecule has 2 aliphatic heterocycles. The molecule has 0 saturated carbocycles. The van der Waals surface area contributed by atoms with E-state index in [0.717, 1.165) is 11.6 Å². The second kappa shape index (κ2) is 6.45. The normalized spacial score (nSPS) is 25.0. The number of nitrogens with zero attached hydrogens (tertiary/aromatic N) is 1. The molecular weight excluding hydrogens is 390 g/mol. The largest absolute Gasteiger partial charge is 0.437 e. The van der Waals surface area contributed by atoms with Gasteiger partial charge in [-0.25, -0.2) is 13.2 Å². The second-order valence-corrected chi connectivity index (χ2v) is 17.5. The highest BCUT2D eigenvalue weighted by molar-refractivity contribution is 7.95. The number of fused-ring (bicyclic) bond motifs is 1. The van der Waals surface area contributed by atoms with E-state index in [1.54, 1.807) is 43.0 Å². The molecule has 1 aromatic rings. The van der Waals surface area contributed by atoms with E-state index in [2.05, 4.69) is 26.6 Å². The number of hydrogen-bond acceptors (Lipinski definition) is 4. The number of carbonyl (C=O) groups is 1. The van der Waals surface area contributed by atoms with Crippen molar-refractivity contribution in [2.45, 2.75) is 82.3 Å². The number of amides is 1.